The summed E-state index contributed by atoms with van der Waals surface area (Å²) in [5.41, 5.74) is 4.13. The van der Waals surface area contributed by atoms with E-state index in [9.17, 15) is 28.2 Å². The van der Waals surface area contributed by atoms with E-state index in [4.69, 9.17) is 4.74 Å². The number of amides is 1. The smallest absolute Gasteiger partial charge is 0.449 e. The van der Waals surface area contributed by atoms with Crippen molar-refractivity contribution in [1.29, 1.82) is 0 Å². The molecule has 2 atom stereocenters. The van der Waals surface area contributed by atoms with Gasteiger partial charge in [-0.15, -0.1) is 13.2 Å². The van der Waals surface area contributed by atoms with Crippen LogP contribution in [0.15, 0.2) is 72.8 Å². The molecule has 3 aromatic rings. The maximum absolute atomic E-state index is 12.6. The van der Waals surface area contributed by atoms with Crippen molar-refractivity contribution >= 4 is 6.09 Å². The van der Waals surface area contributed by atoms with Crippen molar-refractivity contribution in [3.8, 4) is 16.9 Å². The Morgan fingerprint density at radius 3 is 2.11 bits per heavy atom. The molecule has 0 aliphatic heterocycles. The van der Waals surface area contributed by atoms with Gasteiger partial charge in [0.2, 0.25) is 0 Å². The molecule has 0 bridgehead atoms. The van der Waals surface area contributed by atoms with Crippen LogP contribution in [0.1, 0.15) is 35.1 Å². The summed E-state index contributed by atoms with van der Waals surface area (Å²) in [7, 11) is 0. The van der Waals surface area contributed by atoms with Crippen molar-refractivity contribution in [2.75, 3.05) is 13.2 Å². The van der Waals surface area contributed by atoms with Gasteiger partial charge in [0.05, 0.1) is 6.10 Å². The van der Waals surface area contributed by atoms with Crippen LogP contribution < -0.4 is 10.1 Å². The molecular weight excluding hydrogens is 463 g/mol. The molecule has 0 aromatic heterocycles. The summed E-state index contributed by atoms with van der Waals surface area (Å²) in [6.07, 6.45) is -8.84. The minimum Gasteiger partial charge on any atom is -0.449 e. The Kier molecular flexibility index (Phi) is 7.28. The van der Waals surface area contributed by atoms with Crippen molar-refractivity contribution in [2.24, 2.45) is 0 Å². The third kappa shape index (κ3) is 5.75. The van der Waals surface area contributed by atoms with Gasteiger partial charge in [-0.1, -0.05) is 66.7 Å². The highest BCUT2D eigenvalue weighted by molar-refractivity contribution is 5.79. The first kappa shape index (κ1) is 24.6. The number of alkyl halides is 3. The highest BCUT2D eigenvalue weighted by Crippen LogP contribution is 2.44. The van der Waals surface area contributed by atoms with Crippen LogP contribution in [0.4, 0.5) is 18.0 Å². The first-order valence-electron chi connectivity index (χ1n) is 11.0. The van der Waals surface area contributed by atoms with E-state index in [2.05, 4.69) is 10.1 Å². The van der Waals surface area contributed by atoms with Gasteiger partial charge in [0.25, 0.3) is 0 Å². The molecule has 184 valence electrons. The maximum Gasteiger partial charge on any atom is 0.573 e. The summed E-state index contributed by atoms with van der Waals surface area (Å²) in [4.78, 5) is 12.2. The molecule has 0 saturated carbocycles. The standard InChI is InChI=1S/C26H24F3NO5/c27-26(28,29)35-23-12-6-5-11-20(23)24(32)22(31)13-14-30-25(33)34-15-21-18-9-3-1-7-16(18)17-8-2-4-10-19(17)21/h1-12,21-22,24,31-32H,13-15H2,(H,30,33). The Hall–Kier alpha value is -3.56. The van der Waals surface area contributed by atoms with Gasteiger partial charge in [0, 0.05) is 18.0 Å². The topological polar surface area (TPSA) is 88.0 Å². The number of hydrogen-bond donors (Lipinski definition) is 3. The molecule has 1 amide bonds. The summed E-state index contributed by atoms with van der Waals surface area (Å²) in [6, 6.07) is 20.9. The zero-order valence-electron chi connectivity index (χ0n) is 18.5. The van der Waals surface area contributed by atoms with Crippen LogP contribution in [-0.2, 0) is 4.74 Å². The van der Waals surface area contributed by atoms with Crippen LogP contribution in [0.25, 0.3) is 11.1 Å². The van der Waals surface area contributed by atoms with Crippen LogP contribution >= 0.6 is 0 Å². The summed E-state index contributed by atoms with van der Waals surface area (Å²) in [6.45, 7) is 0.0599. The zero-order chi connectivity index (χ0) is 25.0. The first-order chi connectivity index (χ1) is 16.7. The van der Waals surface area contributed by atoms with E-state index >= 15 is 0 Å². The van der Waals surface area contributed by atoms with Gasteiger partial charge in [-0.3, -0.25) is 0 Å². The Bertz CT molecular complexity index is 1140. The van der Waals surface area contributed by atoms with Crippen molar-refractivity contribution in [3.63, 3.8) is 0 Å². The maximum atomic E-state index is 12.6. The fourth-order valence-corrected chi connectivity index (χ4v) is 4.28. The van der Waals surface area contributed by atoms with Gasteiger partial charge in [-0.25, -0.2) is 4.79 Å². The molecule has 3 N–H and O–H groups in total. The average Bonchev–Trinajstić information content (AvgIpc) is 3.15. The number of rotatable bonds is 8. The molecule has 4 rings (SSSR count). The number of benzene rings is 3. The molecule has 1 aliphatic carbocycles. The third-order valence-electron chi connectivity index (χ3n) is 5.88. The second kappa shape index (κ2) is 10.4. The molecule has 0 fully saturated rings. The minimum absolute atomic E-state index is 0.0583. The Balaban J connectivity index is 1.29. The lowest BCUT2D eigenvalue weighted by atomic mass is 9.98. The quantitative estimate of drug-likeness (QED) is 0.420. The molecule has 9 heteroatoms. The van der Waals surface area contributed by atoms with E-state index in [1.165, 1.54) is 18.2 Å². The van der Waals surface area contributed by atoms with Crippen molar-refractivity contribution < 1.29 is 37.7 Å². The lowest BCUT2D eigenvalue weighted by Crippen LogP contribution is -2.31. The number of nitrogens with one attached hydrogen (secondary N) is 1. The van der Waals surface area contributed by atoms with E-state index in [1.54, 1.807) is 0 Å². The molecule has 35 heavy (non-hydrogen) atoms. The molecule has 0 heterocycles. The van der Waals surface area contributed by atoms with E-state index in [1.807, 2.05) is 48.5 Å². The number of para-hydroxylation sites is 1. The van der Waals surface area contributed by atoms with Gasteiger partial charge in [-0.2, -0.15) is 0 Å². The van der Waals surface area contributed by atoms with Crippen LogP contribution in [-0.4, -0.2) is 41.9 Å². The SMILES string of the molecule is O=C(NCCC(O)C(O)c1ccccc1OC(F)(F)F)OCC1c2ccccc2-c2ccccc21. The minimum atomic E-state index is -4.94. The molecule has 0 saturated heterocycles. The second-order valence-corrected chi connectivity index (χ2v) is 8.14. The predicted molar refractivity (Wildman–Crippen MR) is 122 cm³/mol. The largest absolute Gasteiger partial charge is 0.573 e. The van der Waals surface area contributed by atoms with Crippen LogP contribution in [0.2, 0.25) is 0 Å². The number of aliphatic hydroxyl groups excluding tert-OH is 2. The van der Waals surface area contributed by atoms with E-state index in [0.717, 1.165) is 28.3 Å². The van der Waals surface area contributed by atoms with Crippen molar-refractivity contribution in [1.82, 2.24) is 5.32 Å². The van der Waals surface area contributed by atoms with Crippen molar-refractivity contribution in [2.45, 2.75) is 30.9 Å². The molecule has 0 spiro atoms. The first-order valence-corrected chi connectivity index (χ1v) is 11.0. The fourth-order valence-electron chi connectivity index (χ4n) is 4.28. The van der Waals surface area contributed by atoms with E-state index < -0.39 is 30.4 Å². The number of halogens is 3. The normalized spacial score (nSPS) is 14.5. The Morgan fingerprint density at radius 1 is 0.914 bits per heavy atom. The molecule has 2 unspecified atom stereocenters. The monoisotopic (exact) mass is 487 g/mol. The number of carbonyl (C=O) groups excluding carboxylic acids is 1. The number of carbonyl (C=O) groups is 1. The Morgan fingerprint density at radius 2 is 1.49 bits per heavy atom. The summed E-state index contributed by atoms with van der Waals surface area (Å²) in [5.74, 6) is -0.707. The number of hydrogen-bond acceptors (Lipinski definition) is 5. The predicted octanol–water partition coefficient (Wildman–Crippen LogP) is 4.91. The number of ether oxygens (including phenoxy) is 2. The van der Waals surface area contributed by atoms with Crippen LogP contribution in [0.3, 0.4) is 0 Å². The van der Waals surface area contributed by atoms with E-state index in [-0.39, 0.29) is 31.1 Å². The highest BCUT2D eigenvalue weighted by Gasteiger charge is 2.34. The number of alkyl carbamates (subject to hydrolysis) is 1. The summed E-state index contributed by atoms with van der Waals surface area (Å²) >= 11 is 0. The molecule has 1 aliphatic rings. The second-order valence-electron chi connectivity index (χ2n) is 8.14. The molecule has 6 nitrogen and oxygen atoms in total. The van der Waals surface area contributed by atoms with Gasteiger partial charge in [0.1, 0.15) is 18.5 Å². The lowest BCUT2D eigenvalue weighted by Gasteiger charge is -2.21. The average molecular weight is 487 g/mol. The van der Waals surface area contributed by atoms with E-state index in [0.29, 0.717) is 0 Å². The molecule has 3 aromatic carbocycles. The highest BCUT2D eigenvalue weighted by atomic mass is 19.4. The lowest BCUT2D eigenvalue weighted by molar-refractivity contribution is -0.275. The molecular formula is C26H24F3NO5. The fraction of sp³-hybridized carbons (Fsp3) is 0.269. The van der Waals surface area contributed by atoms with Gasteiger partial charge < -0.3 is 25.0 Å². The van der Waals surface area contributed by atoms with Crippen LogP contribution in [0.5, 0.6) is 5.75 Å². The third-order valence-corrected chi connectivity index (χ3v) is 5.88. The zero-order valence-corrected chi connectivity index (χ0v) is 18.5. The number of fused-ring (bicyclic) bond motifs is 3. The molecule has 0 radical (unpaired) electrons. The number of aliphatic hydroxyl groups is 2. The summed E-state index contributed by atoms with van der Waals surface area (Å²) in [5, 5.41) is 23.1. The Labute approximate surface area is 199 Å². The van der Waals surface area contributed by atoms with Gasteiger partial charge >= 0.3 is 12.5 Å². The van der Waals surface area contributed by atoms with Crippen molar-refractivity contribution in [3.05, 3.63) is 89.5 Å². The summed E-state index contributed by atoms with van der Waals surface area (Å²) < 4.78 is 47.1. The van der Waals surface area contributed by atoms with Gasteiger partial charge in [-0.05, 0) is 34.7 Å². The van der Waals surface area contributed by atoms with Gasteiger partial charge in [0.15, 0.2) is 0 Å². The van der Waals surface area contributed by atoms with Crippen LogP contribution in [0, 0.1) is 0 Å².